The van der Waals surface area contributed by atoms with Crippen LogP contribution in [0.5, 0.6) is 0 Å². The third-order valence-electron chi connectivity index (χ3n) is 5.43. The van der Waals surface area contributed by atoms with Crippen molar-refractivity contribution in [1.29, 1.82) is 0 Å². The van der Waals surface area contributed by atoms with Crippen LogP contribution in [0.4, 0.5) is 5.69 Å². The number of carbonyl (C=O) groups excluding carboxylic acids is 2. The predicted octanol–water partition coefficient (Wildman–Crippen LogP) is 2.96. The number of aryl methyl sites for hydroxylation is 1. The van der Waals surface area contributed by atoms with Gasteiger partial charge in [0.2, 0.25) is 5.91 Å². The summed E-state index contributed by atoms with van der Waals surface area (Å²) in [6, 6.07) is 8.95. The summed E-state index contributed by atoms with van der Waals surface area (Å²) in [7, 11) is 0. The molecule has 1 aliphatic rings. The number of hydrogen-bond acceptors (Lipinski definition) is 4. The number of aromatic amines is 2. The Labute approximate surface area is 181 Å². The predicted molar refractivity (Wildman–Crippen MR) is 120 cm³/mol. The molecule has 8 nitrogen and oxygen atoms in total. The van der Waals surface area contributed by atoms with Crippen molar-refractivity contribution in [3.63, 3.8) is 0 Å². The fourth-order valence-electron chi connectivity index (χ4n) is 4.00. The van der Waals surface area contributed by atoms with Crippen LogP contribution in [0.2, 0.25) is 0 Å². The minimum absolute atomic E-state index is 0.143. The molecule has 0 saturated carbocycles. The van der Waals surface area contributed by atoms with Gasteiger partial charge in [0.1, 0.15) is 5.00 Å². The van der Waals surface area contributed by atoms with Crippen LogP contribution >= 0.6 is 11.3 Å². The summed E-state index contributed by atoms with van der Waals surface area (Å²) in [5.74, 6) is -0.569. The Morgan fingerprint density at radius 1 is 1.06 bits per heavy atom. The maximum Gasteiger partial charge on any atom is 0.323 e. The van der Waals surface area contributed by atoms with Gasteiger partial charge in [-0.15, -0.1) is 11.3 Å². The fourth-order valence-corrected chi connectivity index (χ4v) is 5.35. The van der Waals surface area contributed by atoms with Crippen molar-refractivity contribution in [2.24, 2.45) is 0 Å². The Bertz CT molecular complexity index is 1330. The van der Waals surface area contributed by atoms with Crippen molar-refractivity contribution in [3.05, 3.63) is 69.2 Å². The molecule has 3 heterocycles. The SMILES string of the molecule is O=C(CNC(=O)c1c(-n2cccc2)sc2c1CCCC2)Nc1ccc2[nH]c(=O)[nH]c2c1. The molecule has 0 unspecified atom stereocenters. The van der Waals surface area contributed by atoms with Gasteiger partial charge in [-0.1, -0.05) is 0 Å². The Balaban J connectivity index is 1.31. The van der Waals surface area contributed by atoms with E-state index in [1.807, 2.05) is 29.1 Å². The zero-order chi connectivity index (χ0) is 21.4. The van der Waals surface area contributed by atoms with Crippen molar-refractivity contribution < 1.29 is 9.59 Å². The molecule has 2 amide bonds. The van der Waals surface area contributed by atoms with Crippen LogP contribution < -0.4 is 16.3 Å². The highest BCUT2D eigenvalue weighted by molar-refractivity contribution is 7.15. The maximum atomic E-state index is 13.1. The molecule has 1 aliphatic carbocycles. The van der Waals surface area contributed by atoms with E-state index in [-0.39, 0.29) is 24.0 Å². The van der Waals surface area contributed by atoms with Crippen molar-refractivity contribution in [2.75, 3.05) is 11.9 Å². The number of amides is 2. The number of imidazole rings is 1. The van der Waals surface area contributed by atoms with Crippen LogP contribution in [-0.4, -0.2) is 32.9 Å². The Morgan fingerprint density at radius 2 is 1.84 bits per heavy atom. The standard InChI is InChI=1S/C22H21N5O3S/c28-18(24-13-7-8-15-16(11-13)26-22(30)25-15)12-23-20(29)19-14-5-1-2-6-17(14)31-21(19)27-9-3-4-10-27/h3-4,7-11H,1-2,5-6,12H2,(H,23,29)(H,24,28)(H2,25,26,30). The molecule has 9 heteroatoms. The second-order valence-corrected chi connectivity index (χ2v) is 8.64. The Morgan fingerprint density at radius 3 is 2.68 bits per heavy atom. The lowest BCUT2D eigenvalue weighted by Crippen LogP contribution is -2.33. The molecular weight excluding hydrogens is 414 g/mol. The number of anilines is 1. The number of benzene rings is 1. The first-order chi connectivity index (χ1) is 15.1. The van der Waals surface area contributed by atoms with E-state index in [4.69, 9.17) is 0 Å². The average molecular weight is 436 g/mol. The van der Waals surface area contributed by atoms with Crippen LogP contribution in [-0.2, 0) is 17.6 Å². The van der Waals surface area contributed by atoms with Gasteiger partial charge in [-0.2, -0.15) is 0 Å². The van der Waals surface area contributed by atoms with Gasteiger partial charge in [0.25, 0.3) is 5.91 Å². The third-order valence-corrected chi connectivity index (χ3v) is 6.73. The van der Waals surface area contributed by atoms with E-state index in [1.165, 1.54) is 4.88 Å². The number of carbonyl (C=O) groups is 2. The second-order valence-electron chi connectivity index (χ2n) is 7.55. The highest BCUT2D eigenvalue weighted by Crippen LogP contribution is 2.36. The molecule has 3 aromatic heterocycles. The molecule has 0 aliphatic heterocycles. The van der Waals surface area contributed by atoms with Crippen LogP contribution in [0.25, 0.3) is 16.0 Å². The van der Waals surface area contributed by atoms with Crippen LogP contribution in [0.15, 0.2) is 47.5 Å². The van der Waals surface area contributed by atoms with Gasteiger partial charge in [-0.05, 0) is 61.6 Å². The largest absolute Gasteiger partial charge is 0.343 e. The first kappa shape index (κ1) is 19.4. The summed E-state index contributed by atoms with van der Waals surface area (Å²) in [5, 5.41) is 6.43. The number of thiophene rings is 1. The van der Waals surface area contributed by atoms with E-state index in [0.29, 0.717) is 22.3 Å². The molecule has 0 spiro atoms. The smallest absolute Gasteiger partial charge is 0.323 e. The highest BCUT2D eigenvalue weighted by atomic mass is 32.1. The van der Waals surface area contributed by atoms with Gasteiger partial charge in [-0.25, -0.2) is 4.79 Å². The Kier molecular flexibility index (Phi) is 4.95. The van der Waals surface area contributed by atoms with Gasteiger partial charge in [0.05, 0.1) is 23.1 Å². The molecule has 0 bridgehead atoms. The van der Waals surface area contributed by atoms with Gasteiger partial charge in [0.15, 0.2) is 0 Å². The molecule has 0 radical (unpaired) electrons. The van der Waals surface area contributed by atoms with E-state index in [0.717, 1.165) is 36.2 Å². The molecule has 4 N–H and O–H groups in total. The van der Waals surface area contributed by atoms with Gasteiger partial charge in [-0.3, -0.25) is 9.59 Å². The lowest BCUT2D eigenvalue weighted by atomic mass is 9.95. The number of aromatic nitrogens is 3. The van der Waals surface area contributed by atoms with Gasteiger partial charge in [0, 0.05) is 23.0 Å². The quantitative estimate of drug-likeness (QED) is 0.387. The molecule has 0 saturated heterocycles. The van der Waals surface area contributed by atoms with Crippen molar-refractivity contribution in [3.8, 4) is 5.00 Å². The summed E-state index contributed by atoms with van der Waals surface area (Å²) in [4.78, 5) is 43.5. The van der Waals surface area contributed by atoms with E-state index in [2.05, 4.69) is 20.6 Å². The number of hydrogen-bond donors (Lipinski definition) is 4. The van der Waals surface area contributed by atoms with Crippen LogP contribution in [0, 0.1) is 0 Å². The second kappa shape index (κ2) is 7.92. The van der Waals surface area contributed by atoms with Crippen molar-refractivity contribution in [2.45, 2.75) is 25.7 Å². The zero-order valence-electron chi connectivity index (χ0n) is 16.7. The average Bonchev–Trinajstić information content (AvgIpc) is 3.48. The lowest BCUT2D eigenvalue weighted by Gasteiger charge is -2.13. The van der Waals surface area contributed by atoms with E-state index < -0.39 is 0 Å². The summed E-state index contributed by atoms with van der Waals surface area (Å²) in [6.45, 7) is -0.143. The third kappa shape index (κ3) is 3.79. The minimum Gasteiger partial charge on any atom is -0.343 e. The molecule has 1 aromatic carbocycles. The summed E-state index contributed by atoms with van der Waals surface area (Å²) in [6.07, 6.45) is 7.95. The molecule has 158 valence electrons. The van der Waals surface area contributed by atoms with E-state index in [1.54, 1.807) is 29.5 Å². The summed E-state index contributed by atoms with van der Waals surface area (Å²) in [5.41, 5.74) is 3.30. The first-order valence-corrected chi connectivity index (χ1v) is 11.0. The molecule has 0 atom stereocenters. The normalized spacial score (nSPS) is 13.2. The van der Waals surface area contributed by atoms with Crippen molar-refractivity contribution in [1.82, 2.24) is 19.9 Å². The summed E-state index contributed by atoms with van der Waals surface area (Å²) >= 11 is 1.66. The molecular formula is C22H21N5O3S. The number of H-pyrrole nitrogens is 2. The van der Waals surface area contributed by atoms with Crippen molar-refractivity contribution >= 4 is 39.9 Å². The monoisotopic (exact) mass is 435 g/mol. The maximum absolute atomic E-state index is 13.1. The number of nitrogens with one attached hydrogen (secondary N) is 4. The molecule has 5 rings (SSSR count). The van der Waals surface area contributed by atoms with Crippen LogP contribution in [0.1, 0.15) is 33.6 Å². The molecule has 0 fully saturated rings. The first-order valence-electron chi connectivity index (χ1n) is 10.2. The molecule has 4 aromatic rings. The minimum atomic E-state index is -0.336. The van der Waals surface area contributed by atoms with Gasteiger partial charge < -0.3 is 25.2 Å². The fraction of sp³-hybridized carbons (Fsp3) is 0.227. The van der Waals surface area contributed by atoms with Crippen LogP contribution in [0.3, 0.4) is 0 Å². The lowest BCUT2D eigenvalue weighted by molar-refractivity contribution is -0.115. The summed E-state index contributed by atoms with van der Waals surface area (Å²) < 4.78 is 1.96. The highest BCUT2D eigenvalue weighted by Gasteiger charge is 2.26. The number of fused-ring (bicyclic) bond motifs is 2. The van der Waals surface area contributed by atoms with E-state index >= 15 is 0 Å². The van der Waals surface area contributed by atoms with Gasteiger partial charge >= 0.3 is 5.69 Å². The van der Waals surface area contributed by atoms with E-state index in [9.17, 15) is 14.4 Å². The Hall–Kier alpha value is -3.59. The number of nitrogens with zero attached hydrogens (tertiary/aromatic N) is 1. The molecule has 31 heavy (non-hydrogen) atoms. The topological polar surface area (TPSA) is 112 Å². The number of rotatable bonds is 5. The zero-order valence-corrected chi connectivity index (χ0v) is 17.5.